The molecule has 0 aliphatic rings. The summed E-state index contributed by atoms with van der Waals surface area (Å²) in [4.78, 5) is 4.03. The van der Waals surface area contributed by atoms with Crippen LogP contribution in [0.2, 0.25) is 0 Å². The molecule has 0 amide bonds. The van der Waals surface area contributed by atoms with Gasteiger partial charge in [-0.25, -0.2) is 4.98 Å². The minimum absolute atomic E-state index is 0.515. The molecule has 2 aromatic rings. The van der Waals surface area contributed by atoms with Gasteiger partial charge in [-0.3, -0.25) is 0 Å². The predicted octanol–water partition coefficient (Wildman–Crippen LogP) is 1.89. The lowest BCUT2D eigenvalue weighted by atomic mass is 10.2. The Morgan fingerprint density at radius 3 is 2.88 bits per heavy atom. The fourth-order valence-electron chi connectivity index (χ4n) is 1.51. The van der Waals surface area contributed by atoms with Crippen LogP contribution in [0.25, 0.3) is 0 Å². The fourth-order valence-corrected chi connectivity index (χ4v) is 1.51. The number of anilines is 1. The topological polar surface area (TPSA) is 53.1 Å². The number of hydrogen-bond donors (Lipinski definition) is 1. The van der Waals surface area contributed by atoms with Gasteiger partial charge < -0.3 is 15.0 Å². The summed E-state index contributed by atoms with van der Waals surface area (Å²) >= 11 is 0. The molecule has 4 nitrogen and oxygen atoms in total. The molecule has 2 N–H and O–H groups in total. The molecule has 2 rings (SSSR count). The van der Waals surface area contributed by atoms with Gasteiger partial charge in [0.2, 0.25) is 0 Å². The Labute approximate surface area is 94.7 Å². The number of aryl methyl sites for hydroxylation is 2. The molecule has 0 saturated carbocycles. The van der Waals surface area contributed by atoms with Gasteiger partial charge in [-0.15, -0.1) is 0 Å². The summed E-state index contributed by atoms with van der Waals surface area (Å²) < 4.78 is 7.64. The zero-order chi connectivity index (χ0) is 11.5. The van der Waals surface area contributed by atoms with Crippen molar-refractivity contribution in [3.05, 3.63) is 42.0 Å². The molecule has 16 heavy (non-hydrogen) atoms. The molecule has 0 fully saturated rings. The number of rotatable bonds is 3. The Hall–Kier alpha value is -1.97. The number of benzene rings is 1. The molecule has 0 unspecified atom stereocenters. The molecule has 1 heterocycles. The highest BCUT2D eigenvalue weighted by atomic mass is 16.5. The predicted molar refractivity (Wildman–Crippen MR) is 63.1 cm³/mol. The van der Waals surface area contributed by atoms with E-state index in [4.69, 9.17) is 10.5 Å². The van der Waals surface area contributed by atoms with Crippen LogP contribution in [0, 0.1) is 6.92 Å². The van der Waals surface area contributed by atoms with Gasteiger partial charge in [0.25, 0.3) is 0 Å². The summed E-state index contributed by atoms with van der Waals surface area (Å²) in [6.07, 6.45) is 3.56. The van der Waals surface area contributed by atoms with Crippen molar-refractivity contribution in [2.75, 3.05) is 5.73 Å². The molecular formula is C12H15N3O. The SMILES string of the molecule is Cc1cc(N)ccc1OCc1cncn1C. The second-order valence-corrected chi connectivity index (χ2v) is 3.81. The summed E-state index contributed by atoms with van der Waals surface area (Å²) in [7, 11) is 1.95. The molecular weight excluding hydrogens is 202 g/mol. The maximum atomic E-state index is 5.70. The van der Waals surface area contributed by atoms with Crippen LogP contribution in [0.15, 0.2) is 30.7 Å². The number of hydrogen-bond acceptors (Lipinski definition) is 3. The van der Waals surface area contributed by atoms with Gasteiger partial charge in [0.05, 0.1) is 18.2 Å². The first-order chi connectivity index (χ1) is 7.66. The van der Waals surface area contributed by atoms with E-state index in [-0.39, 0.29) is 0 Å². The molecule has 4 heteroatoms. The molecule has 0 saturated heterocycles. The van der Waals surface area contributed by atoms with E-state index in [1.165, 1.54) is 0 Å². The monoisotopic (exact) mass is 217 g/mol. The summed E-state index contributed by atoms with van der Waals surface area (Å²) in [5, 5.41) is 0. The van der Waals surface area contributed by atoms with Crippen molar-refractivity contribution >= 4 is 5.69 Å². The van der Waals surface area contributed by atoms with Crippen LogP contribution >= 0.6 is 0 Å². The second kappa shape index (κ2) is 4.26. The highest BCUT2D eigenvalue weighted by molar-refractivity contribution is 5.47. The van der Waals surface area contributed by atoms with Gasteiger partial charge >= 0.3 is 0 Å². The van der Waals surface area contributed by atoms with Crippen molar-refractivity contribution < 1.29 is 4.74 Å². The maximum absolute atomic E-state index is 5.70. The van der Waals surface area contributed by atoms with Gasteiger partial charge in [0, 0.05) is 12.7 Å². The van der Waals surface area contributed by atoms with E-state index in [1.54, 1.807) is 12.5 Å². The minimum Gasteiger partial charge on any atom is -0.487 e. The van der Waals surface area contributed by atoms with E-state index >= 15 is 0 Å². The Morgan fingerprint density at radius 2 is 2.25 bits per heavy atom. The molecule has 1 aromatic carbocycles. The van der Waals surface area contributed by atoms with Crippen molar-refractivity contribution in [2.45, 2.75) is 13.5 Å². The number of imidazole rings is 1. The largest absolute Gasteiger partial charge is 0.487 e. The number of nitrogen functional groups attached to an aromatic ring is 1. The molecule has 1 aromatic heterocycles. The first-order valence-electron chi connectivity index (χ1n) is 5.11. The van der Waals surface area contributed by atoms with Crippen molar-refractivity contribution in [3.8, 4) is 5.75 Å². The molecule has 0 atom stereocenters. The third kappa shape index (κ3) is 2.16. The Morgan fingerprint density at radius 1 is 1.44 bits per heavy atom. The van der Waals surface area contributed by atoms with Gasteiger partial charge in [-0.2, -0.15) is 0 Å². The van der Waals surface area contributed by atoms with E-state index in [0.717, 1.165) is 22.7 Å². The number of ether oxygens (including phenoxy) is 1. The average molecular weight is 217 g/mol. The summed E-state index contributed by atoms with van der Waals surface area (Å²) in [6.45, 7) is 2.50. The van der Waals surface area contributed by atoms with E-state index in [0.29, 0.717) is 6.61 Å². The Balaban J connectivity index is 2.08. The quantitative estimate of drug-likeness (QED) is 0.799. The first-order valence-corrected chi connectivity index (χ1v) is 5.11. The van der Waals surface area contributed by atoms with Crippen LogP contribution in [-0.2, 0) is 13.7 Å². The fraction of sp³-hybridized carbons (Fsp3) is 0.250. The number of aromatic nitrogens is 2. The van der Waals surface area contributed by atoms with Crippen molar-refractivity contribution in [1.82, 2.24) is 9.55 Å². The summed E-state index contributed by atoms with van der Waals surface area (Å²) in [6, 6.07) is 5.63. The van der Waals surface area contributed by atoms with Gasteiger partial charge in [-0.05, 0) is 30.7 Å². The highest BCUT2D eigenvalue weighted by Crippen LogP contribution is 2.21. The Kier molecular flexibility index (Phi) is 2.81. The van der Waals surface area contributed by atoms with Gasteiger partial charge in [0.1, 0.15) is 12.4 Å². The van der Waals surface area contributed by atoms with Crippen molar-refractivity contribution in [2.24, 2.45) is 7.05 Å². The van der Waals surface area contributed by atoms with E-state index in [2.05, 4.69) is 4.98 Å². The summed E-state index contributed by atoms with van der Waals surface area (Å²) in [5.74, 6) is 0.857. The molecule has 0 radical (unpaired) electrons. The molecule has 0 spiro atoms. The lowest BCUT2D eigenvalue weighted by molar-refractivity contribution is 0.295. The van der Waals surface area contributed by atoms with E-state index in [1.807, 2.05) is 36.7 Å². The lowest BCUT2D eigenvalue weighted by Crippen LogP contribution is -2.02. The smallest absolute Gasteiger partial charge is 0.130 e. The van der Waals surface area contributed by atoms with Crippen LogP contribution < -0.4 is 10.5 Å². The number of nitrogens with zero attached hydrogens (tertiary/aromatic N) is 2. The lowest BCUT2D eigenvalue weighted by Gasteiger charge is -2.09. The zero-order valence-corrected chi connectivity index (χ0v) is 9.47. The normalized spacial score (nSPS) is 10.4. The maximum Gasteiger partial charge on any atom is 0.130 e. The van der Waals surface area contributed by atoms with Crippen LogP contribution in [0.5, 0.6) is 5.75 Å². The molecule has 0 aliphatic carbocycles. The highest BCUT2D eigenvalue weighted by Gasteiger charge is 2.02. The molecule has 0 aliphatic heterocycles. The molecule has 0 bridgehead atoms. The average Bonchev–Trinajstić information content (AvgIpc) is 2.63. The first kappa shape index (κ1) is 10.5. The zero-order valence-electron chi connectivity index (χ0n) is 9.47. The van der Waals surface area contributed by atoms with Crippen molar-refractivity contribution in [3.63, 3.8) is 0 Å². The van der Waals surface area contributed by atoms with Crippen molar-refractivity contribution in [1.29, 1.82) is 0 Å². The molecule has 84 valence electrons. The van der Waals surface area contributed by atoms with Crippen LogP contribution in [0.3, 0.4) is 0 Å². The standard InChI is InChI=1S/C12H15N3O/c1-9-5-10(13)3-4-12(9)16-7-11-6-14-8-15(11)2/h3-6,8H,7,13H2,1-2H3. The van der Waals surface area contributed by atoms with Crippen LogP contribution in [0.4, 0.5) is 5.69 Å². The Bertz CT molecular complexity index is 491. The van der Waals surface area contributed by atoms with E-state index < -0.39 is 0 Å². The number of nitrogens with two attached hydrogens (primary N) is 1. The van der Waals surface area contributed by atoms with Gasteiger partial charge in [-0.1, -0.05) is 0 Å². The van der Waals surface area contributed by atoms with Gasteiger partial charge in [0.15, 0.2) is 0 Å². The third-order valence-corrected chi connectivity index (χ3v) is 2.49. The minimum atomic E-state index is 0.515. The van der Waals surface area contributed by atoms with Crippen LogP contribution in [-0.4, -0.2) is 9.55 Å². The van der Waals surface area contributed by atoms with Crippen LogP contribution in [0.1, 0.15) is 11.3 Å². The third-order valence-electron chi connectivity index (χ3n) is 2.49. The van der Waals surface area contributed by atoms with E-state index in [9.17, 15) is 0 Å². The second-order valence-electron chi connectivity index (χ2n) is 3.81. The summed E-state index contributed by atoms with van der Waals surface area (Å²) in [5.41, 5.74) is 8.51.